The van der Waals surface area contributed by atoms with Gasteiger partial charge in [-0.1, -0.05) is 12.1 Å². The molecule has 5 nitrogen and oxygen atoms in total. The van der Waals surface area contributed by atoms with Crippen LogP contribution in [0, 0.1) is 0 Å². The lowest BCUT2D eigenvalue weighted by Crippen LogP contribution is -2.30. The molecule has 0 aliphatic rings. The first kappa shape index (κ1) is 20.4. The molecule has 0 bridgehead atoms. The van der Waals surface area contributed by atoms with E-state index in [-0.39, 0.29) is 11.3 Å². The van der Waals surface area contributed by atoms with Crippen molar-refractivity contribution in [3.8, 4) is 0 Å². The van der Waals surface area contributed by atoms with E-state index in [9.17, 15) is 22.8 Å². The van der Waals surface area contributed by atoms with E-state index in [1.165, 1.54) is 14.0 Å². The van der Waals surface area contributed by atoms with Gasteiger partial charge in [0.2, 0.25) is 0 Å². The van der Waals surface area contributed by atoms with Gasteiger partial charge in [-0.25, -0.2) is 4.79 Å². The summed E-state index contributed by atoms with van der Waals surface area (Å²) in [4.78, 5) is 24.3. The van der Waals surface area contributed by atoms with E-state index in [2.05, 4.69) is 5.32 Å². The first-order valence-electron chi connectivity index (χ1n) is 7.97. The van der Waals surface area contributed by atoms with Crippen molar-refractivity contribution in [1.29, 1.82) is 0 Å². The predicted molar refractivity (Wildman–Crippen MR) is 92.1 cm³/mol. The molecule has 2 aromatic rings. The number of carbonyl (C=O) groups excluding carboxylic acids is 2. The molecule has 2 rings (SSSR count). The monoisotopic (exact) mass is 381 g/mol. The first-order chi connectivity index (χ1) is 12.7. The SMILES string of the molecule is COCc1cccc(C(=O)O[C@@H](C)C(=O)Nc2ccc(C(F)(F)F)cc2)c1. The summed E-state index contributed by atoms with van der Waals surface area (Å²) < 4.78 is 47.7. The highest BCUT2D eigenvalue weighted by Crippen LogP contribution is 2.29. The topological polar surface area (TPSA) is 64.6 Å². The van der Waals surface area contributed by atoms with Crippen molar-refractivity contribution >= 4 is 17.6 Å². The summed E-state index contributed by atoms with van der Waals surface area (Å²) in [6, 6.07) is 10.5. The number of alkyl halides is 3. The molecule has 0 spiro atoms. The standard InChI is InChI=1S/C19H18F3NO4/c1-12(27-18(25)14-5-3-4-13(10-14)11-26-2)17(24)23-16-8-6-15(7-9-16)19(20,21)22/h3-10,12H,11H2,1-2H3,(H,23,24)/t12-/m0/s1. The fourth-order valence-electron chi connectivity index (χ4n) is 2.22. The van der Waals surface area contributed by atoms with Gasteiger partial charge < -0.3 is 14.8 Å². The van der Waals surface area contributed by atoms with Crippen LogP contribution in [0.4, 0.5) is 18.9 Å². The van der Waals surface area contributed by atoms with Crippen LogP contribution in [-0.4, -0.2) is 25.1 Å². The molecule has 0 aromatic heterocycles. The van der Waals surface area contributed by atoms with E-state index in [0.717, 1.165) is 29.8 Å². The number of carbonyl (C=O) groups is 2. The van der Waals surface area contributed by atoms with Crippen LogP contribution in [0.2, 0.25) is 0 Å². The summed E-state index contributed by atoms with van der Waals surface area (Å²) in [6.45, 7) is 1.70. The van der Waals surface area contributed by atoms with Crippen LogP contribution in [-0.2, 0) is 27.1 Å². The third-order valence-corrected chi connectivity index (χ3v) is 3.61. The highest BCUT2D eigenvalue weighted by molar-refractivity contribution is 5.97. The quantitative estimate of drug-likeness (QED) is 0.768. The minimum atomic E-state index is -4.46. The maximum absolute atomic E-state index is 12.5. The average molecular weight is 381 g/mol. The van der Waals surface area contributed by atoms with Crippen molar-refractivity contribution in [2.24, 2.45) is 0 Å². The molecule has 0 saturated carbocycles. The Hall–Kier alpha value is -2.87. The molecular formula is C19H18F3NO4. The fourth-order valence-corrected chi connectivity index (χ4v) is 2.22. The van der Waals surface area contributed by atoms with Crippen LogP contribution in [0.3, 0.4) is 0 Å². The Balaban J connectivity index is 1.97. The van der Waals surface area contributed by atoms with E-state index in [1.54, 1.807) is 24.3 Å². The smallest absolute Gasteiger partial charge is 0.416 e. The van der Waals surface area contributed by atoms with Crippen molar-refractivity contribution in [2.75, 3.05) is 12.4 Å². The Morgan fingerprint density at radius 2 is 1.78 bits per heavy atom. The molecule has 0 heterocycles. The Morgan fingerprint density at radius 3 is 2.37 bits per heavy atom. The number of methoxy groups -OCH3 is 1. The van der Waals surface area contributed by atoms with Crippen molar-refractivity contribution in [1.82, 2.24) is 0 Å². The number of benzene rings is 2. The second-order valence-electron chi connectivity index (χ2n) is 5.75. The van der Waals surface area contributed by atoms with Crippen LogP contribution < -0.4 is 5.32 Å². The average Bonchev–Trinajstić information content (AvgIpc) is 2.62. The predicted octanol–water partition coefficient (Wildman–Crippen LogP) is 4.04. The number of esters is 1. The van der Waals surface area contributed by atoms with E-state index >= 15 is 0 Å². The van der Waals surface area contributed by atoms with Gasteiger partial charge in [0.15, 0.2) is 6.10 Å². The van der Waals surface area contributed by atoms with Gasteiger partial charge in [0.1, 0.15) is 0 Å². The van der Waals surface area contributed by atoms with E-state index in [0.29, 0.717) is 6.61 Å². The maximum atomic E-state index is 12.5. The lowest BCUT2D eigenvalue weighted by molar-refractivity contribution is -0.137. The van der Waals surface area contributed by atoms with Crippen molar-refractivity contribution in [2.45, 2.75) is 25.8 Å². The molecule has 1 N–H and O–H groups in total. The van der Waals surface area contributed by atoms with Crippen molar-refractivity contribution < 1.29 is 32.2 Å². The summed E-state index contributed by atoms with van der Waals surface area (Å²) >= 11 is 0. The molecule has 0 saturated heterocycles. The number of halogens is 3. The summed E-state index contributed by atoms with van der Waals surface area (Å²) in [5, 5.41) is 2.41. The Labute approximate surface area is 154 Å². The molecule has 1 amide bonds. The van der Waals surface area contributed by atoms with Gasteiger partial charge in [-0.05, 0) is 48.9 Å². The van der Waals surface area contributed by atoms with Crippen LogP contribution in [0.25, 0.3) is 0 Å². The van der Waals surface area contributed by atoms with Crippen LogP contribution >= 0.6 is 0 Å². The molecule has 27 heavy (non-hydrogen) atoms. The number of amides is 1. The normalized spacial score (nSPS) is 12.3. The minimum absolute atomic E-state index is 0.165. The molecule has 0 unspecified atom stereocenters. The van der Waals surface area contributed by atoms with Gasteiger partial charge >= 0.3 is 12.1 Å². The molecule has 2 aromatic carbocycles. The first-order valence-corrected chi connectivity index (χ1v) is 7.97. The number of hydrogen-bond donors (Lipinski definition) is 1. The Morgan fingerprint density at radius 1 is 1.11 bits per heavy atom. The second-order valence-corrected chi connectivity index (χ2v) is 5.75. The molecule has 8 heteroatoms. The summed E-state index contributed by atoms with van der Waals surface area (Å²) in [6.07, 6.45) is -5.59. The molecule has 0 aliphatic heterocycles. The van der Waals surface area contributed by atoms with E-state index in [4.69, 9.17) is 9.47 Å². The number of anilines is 1. The van der Waals surface area contributed by atoms with Gasteiger partial charge in [0.05, 0.1) is 17.7 Å². The summed E-state index contributed by atoms with van der Waals surface area (Å²) in [5.74, 6) is -1.35. The van der Waals surface area contributed by atoms with Crippen LogP contribution in [0.5, 0.6) is 0 Å². The Kier molecular flexibility index (Phi) is 6.57. The number of hydrogen-bond acceptors (Lipinski definition) is 4. The zero-order valence-electron chi connectivity index (χ0n) is 14.7. The van der Waals surface area contributed by atoms with Gasteiger partial charge in [-0.3, -0.25) is 4.79 Å². The molecule has 0 aliphatic carbocycles. The fraction of sp³-hybridized carbons (Fsp3) is 0.263. The van der Waals surface area contributed by atoms with Crippen molar-refractivity contribution in [3.05, 3.63) is 65.2 Å². The van der Waals surface area contributed by atoms with E-state index in [1.807, 2.05) is 0 Å². The molecule has 144 valence electrons. The highest BCUT2D eigenvalue weighted by Gasteiger charge is 2.30. The van der Waals surface area contributed by atoms with Crippen molar-refractivity contribution in [3.63, 3.8) is 0 Å². The molecular weight excluding hydrogens is 363 g/mol. The second kappa shape index (κ2) is 8.68. The summed E-state index contributed by atoms with van der Waals surface area (Å²) in [5.41, 5.74) is 0.376. The lowest BCUT2D eigenvalue weighted by atomic mass is 10.1. The highest BCUT2D eigenvalue weighted by atomic mass is 19.4. The Bertz CT molecular complexity index is 803. The number of rotatable bonds is 6. The van der Waals surface area contributed by atoms with E-state index < -0.39 is 29.7 Å². The van der Waals surface area contributed by atoms with Gasteiger partial charge in [-0.2, -0.15) is 13.2 Å². The maximum Gasteiger partial charge on any atom is 0.416 e. The largest absolute Gasteiger partial charge is 0.449 e. The molecule has 1 atom stereocenters. The van der Waals surface area contributed by atoms with Gasteiger partial charge in [-0.15, -0.1) is 0 Å². The van der Waals surface area contributed by atoms with Crippen LogP contribution in [0.1, 0.15) is 28.4 Å². The lowest BCUT2D eigenvalue weighted by Gasteiger charge is -2.14. The molecule has 0 fully saturated rings. The van der Waals surface area contributed by atoms with Gasteiger partial charge in [0.25, 0.3) is 5.91 Å². The zero-order valence-corrected chi connectivity index (χ0v) is 14.7. The zero-order chi connectivity index (χ0) is 20.0. The third kappa shape index (κ3) is 5.82. The van der Waals surface area contributed by atoms with Crippen LogP contribution in [0.15, 0.2) is 48.5 Å². The summed E-state index contributed by atoms with van der Waals surface area (Å²) in [7, 11) is 1.53. The number of ether oxygens (including phenoxy) is 2. The van der Waals surface area contributed by atoms with Gasteiger partial charge in [0, 0.05) is 12.8 Å². The minimum Gasteiger partial charge on any atom is -0.449 e. The molecule has 0 radical (unpaired) electrons. The third-order valence-electron chi connectivity index (χ3n) is 3.61. The number of nitrogens with one attached hydrogen (secondary N) is 1.